The zero-order valence-corrected chi connectivity index (χ0v) is 18.1. The van der Waals surface area contributed by atoms with Gasteiger partial charge in [-0.25, -0.2) is 18.2 Å². The second kappa shape index (κ2) is 9.78. The molecule has 0 spiro atoms. The van der Waals surface area contributed by atoms with Crippen LogP contribution in [0, 0.1) is 0 Å². The molecule has 0 saturated heterocycles. The van der Waals surface area contributed by atoms with Crippen molar-refractivity contribution in [2.75, 3.05) is 13.1 Å². The number of aromatic nitrogens is 3. The minimum absolute atomic E-state index is 0.488. The second-order valence-electron chi connectivity index (χ2n) is 6.59. The van der Waals surface area contributed by atoms with Gasteiger partial charge in [0, 0.05) is 13.1 Å². The average molecular weight is 467 g/mol. The summed E-state index contributed by atoms with van der Waals surface area (Å²) in [5.74, 6) is 0. The van der Waals surface area contributed by atoms with E-state index >= 15 is 0 Å². The van der Waals surface area contributed by atoms with E-state index in [4.69, 9.17) is 11.6 Å². The number of benzene rings is 1. The van der Waals surface area contributed by atoms with Gasteiger partial charge in [0.1, 0.15) is 6.33 Å². The monoisotopic (exact) mass is 466 g/mol. The number of carbonyl (C=O) groups is 1. The van der Waals surface area contributed by atoms with Gasteiger partial charge in [-0.3, -0.25) is 0 Å². The lowest BCUT2D eigenvalue weighted by molar-refractivity contribution is -0.137. The van der Waals surface area contributed by atoms with Crippen LogP contribution in [0.3, 0.4) is 0 Å². The Balaban J connectivity index is 2.32. The Labute approximate surface area is 177 Å². The maximum atomic E-state index is 12.8. The van der Waals surface area contributed by atoms with Crippen LogP contribution in [0.5, 0.6) is 0 Å². The van der Waals surface area contributed by atoms with Crippen LogP contribution in [0.1, 0.15) is 45.1 Å². The van der Waals surface area contributed by atoms with Crippen molar-refractivity contribution < 1.29 is 26.4 Å². The highest BCUT2D eigenvalue weighted by Crippen LogP contribution is 2.34. The Morgan fingerprint density at radius 2 is 1.77 bits per heavy atom. The summed E-state index contributed by atoms with van der Waals surface area (Å²) in [6.45, 7) is 4.94. The third kappa shape index (κ3) is 5.51. The van der Waals surface area contributed by atoms with E-state index < -0.39 is 42.7 Å². The maximum Gasteiger partial charge on any atom is 0.416 e. The first-order chi connectivity index (χ1) is 14.0. The molecule has 1 aromatic heterocycles. The topological polar surface area (TPSA) is 85.2 Å². The standard InChI is InChI=1S/C18H22ClF3N4O3S/c1-3-5-9-25(10-6-4-2)17(27)26-12-23-16(24-26)30(28,29)15-8-7-13(11-14(15)19)18(20,21)22/h7-8,11-12H,3-6,9-10H2,1-2H3. The average Bonchev–Trinajstić information content (AvgIpc) is 3.18. The number of halogens is 4. The fourth-order valence-electron chi connectivity index (χ4n) is 2.60. The molecule has 1 heterocycles. The lowest BCUT2D eigenvalue weighted by Gasteiger charge is -2.21. The van der Waals surface area contributed by atoms with Crippen molar-refractivity contribution in [3.8, 4) is 0 Å². The van der Waals surface area contributed by atoms with Crippen molar-refractivity contribution in [3.05, 3.63) is 35.1 Å². The molecule has 0 aliphatic carbocycles. The number of amides is 1. The Morgan fingerprint density at radius 3 is 2.27 bits per heavy atom. The molecular weight excluding hydrogens is 445 g/mol. The normalized spacial score (nSPS) is 12.2. The first kappa shape index (κ1) is 24.1. The molecule has 12 heteroatoms. The van der Waals surface area contributed by atoms with E-state index in [0.717, 1.165) is 42.8 Å². The molecule has 0 atom stereocenters. The van der Waals surface area contributed by atoms with E-state index in [1.165, 1.54) is 0 Å². The predicted molar refractivity (Wildman–Crippen MR) is 104 cm³/mol. The third-order valence-electron chi connectivity index (χ3n) is 4.29. The highest BCUT2D eigenvalue weighted by molar-refractivity contribution is 7.91. The van der Waals surface area contributed by atoms with Gasteiger partial charge in [-0.1, -0.05) is 38.3 Å². The predicted octanol–water partition coefficient (Wildman–Crippen LogP) is 4.65. The fraction of sp³-hybridized carbons (Fsp3) is 0.500. The molecule has 1 amide bonds. The molecule has 0 bridgehead atoms. The summed E-state index contributed by atoms with van der Waals surface area (Å²) in [7, 11) is -4.42. The molecule has 0 N–H and O–H groups in total. The second-order valence-corrected chi connectivity index (χ2v) is 8.81. The van der Waals surface area contributed by atoms with Crippen LogP contribution < -0.4 is 0 Å². The summed E-state index contributed by atoms with van der Waals surface area (Å²) in [5, 5.41) is 2.42. The number of sulfone groups is 1. The van der Waals surface area contributed by atoms with Gasteiger partial charge in [-0.2, -0.15) is 17.9 Å². The van der Waals surface area contributed by atoms with Crippen LogP contribution in [-0.2, 0) is 16.0 Å². The molecule has 0 unspecified atom stereocenters. The summed E-state index contributed by atoms with van der Waals surface area (Å²) >= 11 is 5.79. The Kier molecular flexibility index (Phi) is 7.87. The molecule has 0 aliphatic heterocycles. The van der Waals surface area contributed by atoms with Crippen molar-refractivity contribution in [2.45, 2.75) is 55.8 Å². The van der Waals surface area contributed by atoms with Crippen LogP contribution in [0.4, 0.5) is 18.0 Å². The molecule has 0 aliphatic rings. The van der Waals surface area contributed by atoms with Crippen LogP contribution in [0.15, 0.2) is 34.6 Å². The zero-order chi connectivity index (χ0) is 22.5. The number of carbonyl (C=O) groups excluding carboxylic acids is 1. The molecule has 30 heavy (non-hydrogen) atoms. The van der Waals surface area contributed by atoms with E-state index in [1.54, 1.807) is 4.90 Å². The largest absolute Gasteiger partial charge is 0.416 e. The number of nitrogens with zero attached hydrogens (tertiary/aromatic N) is 4. The Bertz CT molecular complexity index is 985. The summed E-state index contributed by atoms with van der Waals surface area (Å²) in [6, 6.07) is 1.36. The highest BCUT2D eigenvalue weighted by atomic mass is 35.5. The van der Waals surface area contributed by atoms with Crippen LogP contribution in [0.2, 0.25) is 5.02 Å². The van der Waals surface area contributed by atoms with Gasteiger partial charge in [0.2, 0.25) is 9.84 Å². The first-order valence-electron chi connectivity index (χ1n) is 9.35. The van der Waals surface area contributed by atoms with Gasteiger partial charge >= 0.3 is 12.2 Å². The lowest BCUT2D eigenvalue weighted by atomic mass is 10.2. The molecule has 1 aromatic carbocycles. The van der Waals surface area contributed by atoms with Gasteiger partial charge in [-0.15, -0.1) is 5.10 Å². The van der Waals surface area contributed by atoms with Gasteiger partial charge < -0.3 is 4.90 Å². The smallest absolute Gasteiger partial charge is 0.323 e. The summed E-state index contributed by atoms with van der Waals surface area (Å²) in [4.78, 5) is 17.4. The SMILES string of the molecule is CCCCN(CCCC)C(=O)n1cnc(S(=O)(=O)c2ccc(C(F)(F)F)cc2Cl)n1. The number of hydrogen-bond donors (Lipinski definition) is 0. The molecular formula is C18H22ClF3N4O3S. The van der Waals surface area contributed by atoms with Crippen LogP contribution >= 0.6 is 11.6 Å². The summed E-state index contributed by atoms with van der Waals surface area (Å²) < 4.78 is 64.6. The number of hydrogen-bond acceptors (Lipinski definition) is 5. The quantitative estimate of drug-likeness (QED) is 0.565. The molecule has 0 radical (unpaired) electrons. The van der Waals surface area contributed by atoms with Crippen LogP contribution in [0.25, 0.3) is 0 Å². The summed E-state index contributed by atoms with van der Waals surface area (Å²) in [6.07, 6.45) is -0.401. The molecule has 2 aromatic rings. The Hall–Kier alpha value is -2.14. The minimum atomic E-state index is -4.67. The van der Waals surface area contributed by atoms with Crippen molar-refractivity contribution in [1.82, 2.24) is 19.7 Å². The van der Waals surface area contributed by atoms with Crippen molar-refractivity contribution in [3.63, 3.8) is 0 Å². The third-order valence-corrected chi connectivity index (χ3v) is 6.32. The minimum Gasteiger partial charge on any atom is -0.323 e. The van der Waals surface area contributed by atoms with E-state index in [9.17, 15) is 26.4 Å². The number of rotatable bonds is 8. The first-order valence-corrected chi connectivity index (χ1v) is 11.2. The van der Waals surface area contributed by atoms with E-state index in [-0.39, 0.29) is 0 Å². The molecule has 166 valence electrons. The highest BCUT2D eigenvalue weighted by Gasteiger charge is 2.33. The maximum absolute atomic E-state index is 12.8. The number of unbranched alkanes of at least 4 members (excludes halogenated alkanes) is 2. The van der Waals surface area contributed by atoms with Crippen molar-refractivity contribution in [1.29, 1.82) is 0 Å². The van der Waals surface area contributed by atoms with Gasteiger partial charge in [0.15, 0.2) is 0 Å². The zero-order valence-electron chi connectivity index (χ0n) is 16.5. The lowest BCUT2D eigenvalue weighted by Crippen LogP contribution is -2.36. The number of alkyl halides is 3. The molecule has 2 rings (SSSR count). The van der Waals surface area contributed by atoms with Crippen LogP contribution in [-0.4, -0.2) is 47.2 Å². The Morgan fingerprint density at radius 1 is 1.17 bits per heavy atom. The van der Waals surface area contributed by atoms with E-state index in [0.29, 0.717) is 25.2 Å². The summed E-state index contributed by atoms with van der Waals surface area (Å²) in [5.41, 5.74) is -1.08. The van der Waals surface area contributed by atoms with E-state index in [1.807, 2.05) is 13.8 Å². The van der Waals surface area contributed by atoms with Gasteiger partial charge in [-0.05, 0) is 31.0 Å². The van der Waals surface area contributed by atoms with Gasteiger partial charge in [0.05, 0.1) is 15.5 Å². The van der Waals surface area contributed by atoms with Crippen molar-refractivity contribution in [2.24, 2.45) is 0 Å². The van der Waals surface area contributed by atoms with Crippen molar-refractivity contribution >= 4 is 27.5 Å². The van der Waals surface area contributed by atoms with Gasteiger partial charge in [0.25, 0.3) is 5.16 Å². The molecule has 0 saturated carbocycles. The van der Waals surface area contributed by atoms with E-state index in [2.05, 4.69) is 10.1 Å². The molecule has 7 nitrogen and oxygen atoms in total. The fourth-order valence-corrected chi connectivity index (χ4v) is 4.23. The molecule has 0 fully saturated rings.